The number of hydrogen-bond donors (Lipinski definition) is 1. The number of carbonyl (C=O) groups excluding carboxylic acids is 1. The molecule has 0 radical (unpaired) electrons. The number of hydrogen-bond acceptors (Lipinski definition) is 4. The van der Waals surface area contributed by atoms with Crippen molar-refractivity contribution in [3.63, 3.8) is 0 Å². The van der Waals surface area contributed by atoms with E-state index in [-0.39, 0.29) is 5.91 Å². The number of aryl methyl sites for hydroxylation is 2. The van der Waals surface area contributed by atoms with Crippen molar-refractivity contribution in [2.75, 3.05) is 26.2 Å². The summed E-state index contributed by atoms with van der Waals surface area (Å²) in [5.41, 5.74) is 3.99. The average Bonchev–Trinajstić information content (AvgIpc) is 3.17. The molecule has 1 N–H and O–H groups in total. The third kappa shape index (κ3) is 3.86. The highest BCUT2D eigenvalue weighted by molar-refractivity contribution is 6.34. The van der Waals surface area contributed by atoms with Crippen LogP contribution in [0, 0.1) is 13.8 Å². The molecule has 1 aliphatic heterocycles. The number of fused-ring (bicyclic) bond motifs is 1. The molecule has 6 nitrogen and oxygen atoms in total. The molecule has 1 amide bonds. The fraction of sp³-hybridized carbons (Fsp3) is 0.231. The largest absolute Gasteiger partial charge is 0.439 e. The third-order valence-corrected chi connectivity index (χ3v) is 6.31. The van der Waals surface area contributed by atoms with Crippen LogP contribution in [0.25, 0.3) is 16.6 Å². The maximum Gasteiger partial charge on any atom is 0.260 e. The van der Waals surface area contributed by atoms with Crippen molar-refractivity contribution in [3.8, 4) is 17.3 Å². The van der Waals surface area contributed by atoms with E-state index in [2.05, 4.69) is 10.3 Å². The number of nitrogens with one attached hydrogen (secondary N) is 1. The first-order valence-electron chi connectivity index (χ1n) is 11.0. The summed E-state index contributed by atoms with van der Waals surface area (Å²) < 4.78 is 8.53. The number of amides is 1. The summed E-state index contributed by atoms with van der Waals surface area (Å²) in [4.78, 5) is 20.1. The number of rotatable bonds is 4. The molecular formula is C26H25ClN4O2. The van der Waals surface area contributed by atoms with Gasteiger partial charge in [-0.05, 0) is 43.2 Å². The van der Waals surface area contributed by atoms with Crippen LogP contribution in [0.15, 0.2) is 60.8 Å². The van der Waals surface area contributed by atoms with Gasteiger partial charge in [0.1, 0.15) is 11.3 Å². The van der Waals surface area contributed by atoms with Gasteiger partial charge < -0.3 is 15.0 Å². The number of nitrogens with zero attached hydrogens (tertiary/aromatic N) is 3. The topological polar surface area (TPSA) is 59.4 Å². The van der Waals surface area contributed by atoms with Gasteiger partial charge in [-0.2, -0.15) is 0 Å². The number of aromatic nitrogens is 2. The number of carbonyl (C=O) groups is 1. The normalized spacial score (nSPS) is 14.0. The van der Waals surface area contributed by atoms with E-state index < -0.39 is 0 Å². The smallest absolute Gasteiger partial charge is 0.260 e. The van der Waals surface area contributed by atoms with E-state index in [0.29, 0.717) is 35.2 Å². The highest BCUT2D eigenvalue weighted by atomic mass is 35.5. The Morgan fingerprint density at radius 2 is 1.70 bits per heavy atom. The number of pyridine rings is 1. The highest BCUT2D eigenvalue weighted by Gasteiger charge is 2.31. The molecule has 33 heavy (non-hydrogen) atoms. The van der Waals surface area contributed by atoms with Gasteiger partial charge in [-0.3, -0.25) is 9.36 Å². The molecule has 3 heterocycles. The van der Waals surface area contributed by atoms with E-state index >= 15 is 0 Å². The van der Waals surface area contributed by atoms with Gasteiger partial charge in [0.25, 0.3) is 5.91 Å². The van der Waals surface area contributed by atoms with E-state index in [4.69, 9.17) is 16.3 Å². The zero-order valence-electron chi connectivity index (χ0n) is 18.6. The molecule has 0 spiro atoms. The van der Waals surface area contributed by atoms with Gasteiger partial charge in [0.2, 0.25) is 5.88 Å². The van der Waals surface area contributed by atoms with Gasteiger partial charge in [-0.25, -0.2) is 4.98 Å². The molecule has 4 aromatic rings. The van der Waals surface area contributed by atoms with Crippen LogP contribution < -0.4 is 10.1 Å². The second-order valence-electron chi connectivity index (χ2n) is 8.21. The Hall–Kier alpha value is -3.35. The van der Waals surface area contributed by atoms with Crippen LogP contribution in [0.3, 0.4) is 0 Å². The quantitative estimate of drug-likeness (QED) is 0.429. The van der Waals surface area contributed by atoms with Crippen LogP contribution in [0.2, 0.25) is 5.15 Å². The van der Waals surface area contributed by atoms with E-state index in [1.807, 2.05) is 77.9 Å². The fourth-order valence-corrected chi connectivity index (χ4v) is 4.62. The zero-order chi connectivity index (χ0) is 22.9. The van der Waals surface area contributed by atoms with E-state index in [9.17, 15) is 4.79 Å². The van der Waals surface area contributed by atoms with Gasteiger partial charge in [-0.15, -0.1) is 0 Å². The summed E-state index contributed by atoms with van der Waals surface area (Å²) in [6, 6.07) is 17.6. The first-order chi connectivity index (χ1) is 16.1. The first kappa shape index (κ1) is 21.5. The summed E-state index contributed by atoms with van der Waals surface area (Å²) in [6.45, 7) is 6.81. The van der Waals surface area contributed by atoms with Gasteiger partial charge in [0.05, 0.1) is 5.52 Å². The molecular weight excluding hydrogens is 436 g/mol. The van der Waals surface area contributed by atoms with E-state index in [1.165, 1.54) is 0 Å². The van der Waals surface area contributed by atoms with Crippen molar-refractivity contribution in [3.05, 3.63) is 82.6 Å². The zero-order valence-corrected chi connectivity index (χ0v) is 19.4. The molecule has 1 saturated heterocycles. The number of benzene rings is 2. The van der Waals surface area contributed by atoms with E-state index in [1.54, 1.807) is 6.20 Å². The Labute approximate surface area is 197 Å². The molecule has 0 saturated carbocycles. The third-order valence-electron chi connectivity index (χ3n) is 6.03. The second kappa shape index (κ2) is 8.89. The van der Waals surface area contributed by atoms with Crippen molar-refractivity contribution < 1.29 is 9.53 Å². The molecule has 5 rings (SSSR count). The maximum absolute atomic E-state index is 13.9. The lowest BCUT2D eigenvalue weighted by Gasteiger charge is -2.27. The minimum atomic E-state index is -0.0697. The number of para-hydroxylation sites is 2. The van der Waals surface area contributed by atoms with Gasteiger partial charge in [0.15, 0.2) is 5.15 Å². The fourth-order valence-electron chi connectivity index (χ4n) is 4.38. The average molecular weight is 461 g/mol. The molecule has 0 atom stereocenters. The van der Waals surface area contributed by atoms with Crippen LogP contribution in [0.4, 0.5) is 0 Å². The van der Waals surface area contributed by atoms with Crippen molar-refractivity contribution in [2.24, 2.45) is 0 Å². The highest BCUT2D eigenvalue weighted by Crippen LogP contribution is 2.41. The predicted molar refractivity (Wildman–Crippen MR) is 131 cm³/mol. The van der Waals surface area contributed by atoms with Crippen molar-refractivity contribution in [2.45, 2.75) is 13.8 Å². The van der Waals surface area contributed by atoms with Crippen LogP contribution in [-0.4, -0.2) is 46.5 Å². The van der Waals surface area contributed by atoms with Crippen molar-refractivity contribution in [1.82, 2.24) is 19.8 Å². The molecule has 0 aliphatic carbocycles. The van der Waals surface area contributed by atoms with Crippen molar-refractivity contribution in [1.29, 1.82) is 0 Å². The second-order valence-corrected chi connectivity index (χ2v) is 8.57. The minimum absolute atomic E-state index is 0.0697. The van der Waals surface area contributed by atoms with Crippen LogP contribution in [0.1, 0.15) is 21.5 Å². The lowest BCUT2D eigenvalue weighted by molar-refractivity contribution is 0.0735. The molecule has 1 aliphatic rings. The molecule has 7 heteroatoms. The summed E-state index contributed by atoms with van der Waals surface area (Å²) in [6.07, 6.45) is 1.64. The molecule has 168 valence electrons. The van der Waals surface area contributed by atoms with Crippen LogP contribution in [0.5, 0.6) is 11.6 Å². The summed E-state index contributed by atoms with van der Waals surface area (Å²) in [5, 5.41) is 4.35. The molecule has 0 bridgehead atoms. The van der Waals surface area contributed by atoms with Crippen LogP contribution >= 0.6 is 11.6 Å². The van der Waals surface area contributed by atoms with Gasteiger partial charge in [0, 0.05) is 43.4 Å². The van der Waals surface area contributed by atoms with Crippen molar-refractivity contribution >= 4 is 28.4 Å². The standard InChI is InChI=1S/C26H25ClN4O2/c1-17-7-6-8-18(2)23(17)33-26-21(25(32)30-15-13-28-14-16-30)20-11-12-29-24(27)22(20)31(26)19-9-4-3-5-10-19/h3-12,28H,13-16H2,1-2H3. The Bertz CT molecular complexity index is 1310. The number of ether oxygens (including phenoxy) is 1. The SMILES string of the molecule is Cc1cccc(C)c1Oc1c(C(=O)N2CCNCC2)c2ccnc(Cl)c2n1-c1ccccc1. The summed E-state index contributed by atoms with van der Waals surface area (Å²) >= 11 is 6.63. The van der Waals surface area contributed by atoms with Crippen LogP contribution in [-0.2, 0) is 0 Å². The Morgan fingerprint density at radius 1 is 1.00 bits per heavy atom. The molecule has 2 aromatic carbocycles. The molecule has 1 fully saturated rings. The number of piperazine rings is 1. The molecule has 0 unspecified atom stereocenters. The predicted octanol–water partition coefficient (Wildman–Crippen LogP) is 5.13. The monoisotopic (exact) mass is 460 g/mol. The van der Waals surface area contributed by atoms with Gasteiger partial charge in [-0.1, -0.05) is 48.0 Å². The minimum Gasteiger partial charge on any atom is -0.439 e. The van der Waals surface area contributed by atoms with E-state index in [0.717, 1.165) is 41.0 Å². The lowest BCUT2D eigenvalue weighted by Crippen LogP contribution is -2.46. The number of halogens is 1. The summed E-state index contributed by atoms with van der Waals surface area (Å²) in [7, 11) is 0. The lowest BCUT2D eigenvalue weighted by atomic mass is 10.1. The Balaban J connectivity index is 1.81. The first-order valence-corrected chi connectivity index (χ1v) is 11.4. The van der Waals surface area contributed by atoms with Gasteiger partial charge >= 0.3 is 0 Å². The molecule has 2 aromatic heterocycles. The maximum atomic E-state index is 13.9. The Kier molecular flexibility index (Phi) is 5.79. The Morgan fingerprint density at radius 3 is 2.39 bits per heavy atom. The summed E-state index contributed by atoms with van der Waals surface area (Å²) in [5.74, 6) is 1.11.